The third-order valence-electron chi connectivity index (χ3n) is 1.80. The van der Waals surface area contributed by atoms with Crippen molar-refractivity contribution in [2.45, 2.75) is 32.9 Å². The molecule has 0 aliphatic carbocycles. The summed E-state index contributed by atoms with van der Waals surface area (Å²) in [5.74, 6) is 1.03. The summed E-state index contributed by atoms with van der Waals surface area (Å²) in [7, 11) is 0. The van der Waals surface area contributed by atoms with Gasteiger partial charge in [-0.05, 0) is 20.8 Å². The van der Waals surface area contributed by atoms with Crippen LogP contribution in [0.5, 0.6) is 0 Å². The quantitative estimate of drug-likeness (QED) is 0.684. The molecule has 68 valence electrons. The van der Waals surface area contributed by atoms with Crippen molar-refractivity contribution < 1.29 is 9.52 Å². The van der Waals surface area contributed by atoms with E-state index in [9.17, 15) is 5.11 Å². The molecule has 2 unspecified atom stereocenters. The molecule has 0 aromatic carbocycles. The van der Waals surface area contributed by atoms with E-state index in [4.69, 9.17) is 10.2 Å². The van der Waals surface area contributed by atoms with E-state index < -0.39 is 6.10 Å². The maximum Gasteiger partial charge on any atom is 0.225 e. The summed E-state index contributed by atoms with van der Waals surface area (Å²) in [5.41, 5.74) is 6.27. The van der Waals surface area contributed by atoms with Gasteiger partial charge in [-0.3, -0.25) is 0 Å². The van der Waals surface area contributed by atoms with Crippen LogP contribution in [0.2, 0.25) is 0 Å². The van der Waals surface area contributed by atoms with Crippen LogP contribution in [0.1, 0.15) is 30.4 Å². The van der Waals surface area contributed by atoms with Gasteiger partial charge in [0.05, 0.1) is 5.69 Å². The minimum Gasteiger partial charge on any atom is -0.443 e. The minimum absolute atomic E-state index is 0.306. The molecule has 0 amide bonds. The second-order valence-corrected chi connectivity index (χ2v) is 3.00. The molecule has 1 aromatic rings. The van der Waals surface area contributed by atoms with E-state index in [1.54, 1.807) is 13.8 Å². The fourth-order valence-electron chi connectivity index (χ4n) is 0.849. The number of nitrogens with zero attached hydrogens (tertiary/aromatic N) is 1. The molecule has 2 atom stereocenters. The largest absolute Gasteiger partial charge is 0.443 e. The minimum atomic E-state index is -0.808. The number of aryl methyl sites for hydroxylation is 2. The Bertz CT molecular complexity index is 249. The first kappa shape index (κ1) is 9.22. The highest BCUT2D eigenvalue weighted by Gasteiger charge is 2.18. The van der Waals surface area contributed by atoms with Crippen molar-refractivity contribution in [2.24, 2.45) is 5.73 Å². The highest BCUT2D eigenvalue weighted by Crippen LogP contribution is 2.17. The number of hydrogen-bond donors (Lipinski definition) is 2. The number of aromatic nitrogens is 1. The molecule has 1 heterocycles. The summed E-state index contributed by atoms with van der Waals surface area (Å²) in [6.07, 6.45) is -0.808. The van der Waals surface area contributed by atoms with Gasteiger partial charge >= 0.3 is 0 Å². The fourth-order valence-corrected chi connectivity index (χ4v) is 0.849. The lowest BCUT2D eigenvalue weighted by molar-refractivity contribution is 0.120. The van der Waals surface area contributed by atoms with Crippen molar-refractivity contribution in [1.82, 2.24) is 4.98 Å². The van der Waals surface area contributed by atoms with Crippen LogP contribution in [0.4, 0.5) is 0 Å². The lowest BCUT2D eigenvalue weighted by Crippen LogP contribution is -2.24. The standard InChI is InChI=1S/C8H14N2O2/c1-4(9)7(11)8-10-5(2)6(3)12-8/h4,7,11H,9H2,1-3H3. The van der Waals surface area contributed by atoms with E-state index in [0.29, 0.717) is 5.89 Å². The lowest BCUT2D eigenvalue weighted by atomic mass is 10.2. The number of rotatable bonds is 2. The van der Waals surface area contributed by atoms with Crippen LogP contribution in [-0.2, 0) is 0 Å². The Morgan fingerprint density at radius 2 is 2.08 bits per heavy atom. The smallest absolute Gasteiger partial charge is 0.225 e. The molecule has 0 saturated heterocycles. The molecule has 0 aliphatic rings. The van der Waals surface area contributed by atoms with Gasteiger partial charge in [0.25, 0.3) is 0 Å². The van der Waals surface area contributed by atoms with Gasteiger partial charge < -0.3 is 15.3 Å². The van der Waals surface area contributed by atoms with E-state index in [1.165, 1.54) is 0 Å². The maximum absolute atomic E-state index is 9.45. The number of nitrogens with two attached hydrogens (primary N) is 1. The number of aliphatic hydroxyl groups is 1. The summed E-state index contributed by atoms with van der Waals surface area (Å²) in [6, 6.07) is -0.359. The Morgan fingerprint density at radius 3 is 2.42 bits per heavy atom. The second-order valence-electron chi connectivity index (χ2n) is 3.00. The molecule has 0 aliphatic heterocycles. The Kier molecular flexibility index (Phi) is 2.49. The zero-order valence-electron chi connectivity index (χ0n) is 7.53. The van der Waals surface area contributed by atoms with Crippen LogP contribution < -0.4 is 5.73 Å². The van der Waals surface area contributed by atoms with E-state index in [0.717, 1.165) is 11.5 Å². The van der Waals surface area contributed by atoms with Gasteiger partial charge in [0.2, 0.25) is 5.89 Å². The highest BCUT2D eigenvalue weighted by atomic mass is 16.4. The molecule has 0 saturated carbocycles. The first-order chi connectivity index (χ1) is 5.52. The molecule has 3 N–H and O–H groups in total. The summed E-state index contributed by atoms with van der Waals surface area (Å²) in [6.45, 7) is 5.34. The van der Waals surface area contributed by atoms with Crippen LogP contribution >= 0.6 is 0 Å². The number of oxazole rings is 1. The molecule has 1 aromatic heterocycles. The predicted molar refractivity (Wildman–Crippen MR) is 44.6 cm³/mol. The molecular weight excluding hydrogens is 156 g/mol. The Balaban J connectivity index is 2.89. The third-order valence-corrected chi connectivity index (χ3v) is 1.80. The molecule has 0 fully saturated rings. The monoisotopic (exact) mass is 170 g/mol. The Hall–Kier alpha value is -0.870. The average Bonchev–Trinajstić information content (AvgIpc) is 2.30. The van der Waals surface area contributed by atoms with Crippen molar-refractivity contribution in [1.29, 1.82) is 0 Å². The van der Waals surface area contributed by atoms with Crippen molar-refractivity contribution >= 4 is 0 Å². The molecule has 1 rings (SSSR count). The molecule has 0 bridgehead atoms. The second kappa shape index (κ2) is 3.25. The van der Waals surface area contributed by atoms with Gasteiger partial charge in [0.15, 0.2) is 0 Å². The number of aliphatic hydroxyl groups excluding tert-OH is 1. The van der Waals surface area contributed by atoms with Crippen LogP contribution in [0.3, 0.4) is 0 Å². The molecule has 4 nitrogen and oxygen atoms in total. The summed E-state index contributed by atoms with van der Waals surface area (Å²) < 4.78 is 5.20. The molecule has 0 radical (unpaired) electrons. The topological polar surface area (TPSA) is 72.3 Å². The van der Waals surface area contributed by atoms with Gasteiger partial charge in [0, 0.05) is 6.04 Å². The highest BCUT2D eigenvalue weighted by molar-refractivity contribution is 5.07. The van der Waals surface area contributed by atoms with Crippen molar-refractivity contribution in [3.8, 4) is 0 Å². The summed E-state index contributed by atoms with van der Waals surface area (Å²) in [5, 5.41) is 9.45. The number of hydrogen-bond acceptors (Lipinski definition) is 4. The zero-order valence-corrected chi connectivity index (χ0v) is 7.53. The van der Waals surface area contributed by atoms with Gasteiger partial charge in [-0.25, -0.2) is 4.98 Å². The molecular formula is C8H14N2O2. The van der Waals surface area contributed by atoms with Gasteiger partial charge in [0.1, 0.15) is 11.9 Å². The average molecular weight is 170 g/mol. The Labute approximate surface area is 71.4 Å². The molecule has 12 heavy (non-hydrogen) atoms. The van der Waals surface area contributed by atoms with Gasteiger partial charge in [-0.2, -0.15) is 0 Å². The van der Waals surface area contributed by atoms with Gasteiger partial charge in [-0.15, -0.1) is 0 Å². The van der Waals surface area contributed by atoms with Crippen molar-refractivity contribution in [3.05, 3.63) is 17.3 Å². The van der Waals surface area contributed by atoms with Crippen molar-refractivity contribution in [2.75, 3.05) is 0 Å². The van der Waals surface area contributed by atoms with Crippen molar-refractivity contribution in [3.63, 3.8) is 0 Å². The first-order valence-electron chi connectivity index (χ1n) is 3.90. The Morgan fingerprint density at radius 1 is 1.50 bits per heavy atom. The predicted octanol–water partition coefficient (Wildman–Crippen LogP) is 0.672. The fraction of sp³-hybridized carbons (Fsp3) is 0.625. The zero-order chi connectivity index (χ0) is 9.30. The molecule has 4 heteroatoms. The normalized spacial score (nSPS) is 16.1. The van der Waals surface area contributed by atoms with Crippen LogP contribution in [0, 0.1) is 13.8 Å². The van der Waals surface area contributed by atoms with Crippen LogP contribution in [-0.4, -0.2) is 16.1 Å². The van der Waals surface area contributed by atoms with E-state index >= 15 is 0 Å². The maximum atomic E-state index is 9.45. The van der Waals surface area contributed by atoms with E-state index in [2.05, 4.69) is 4.98 Å². The first-order valence-corrected chi connectivity index (χ1v) is 3.90. The SMILES string of the molecule is Cc1nc(C(O)C(C)N)oc1C. The van der Waals surface area contributed by atoms with Crippen LogP contribution in [0.15, 0.2) is 4.42 Å². The molecule has 0 spiro atoms. The summed E-state index contributed by atoms with van der Waals surface area (Å²) >= 11 is 0. The van der Waals surface area contributed by atoms with Gasteiger partial charge in [-0.1, -0.05) is 0 Å². The van der Waals surface area contributed by atoms with Crippen LogP contribution in [0.25, 0.3) is 0 Å². The van der Waals surface area contributed by atoms with E-state index in [1.807, 2.05) is 6.92 Å². The summed E-state index contributed by atoms with van der Waals surface area (Å²) in [4.78, 5) is 4.03. The third kappa shape index (κ3) is 1.65. The lowest BCUT2D eigenvalue weighted by Gasteiger charge is -2.09. The van der Waals surface area contributed by atoms with E-state index in [-0.39, 0.29) is 6.04 Å².